The van der Waals surface area contributed by atoms with E-state index in [2.05, 4.69) is 36.7 Å². The molecule has 0 radical (unpaired) electrons. The van der Waals surface area contributed by atoms with Gasteiger partial charge in [0.2, 0.25) is 9.84 Å². The summed E-state index contributed by atoms with van der Waals surface area (Å²) in [6.07, 6.45) is 0.707. The molecule has 0 aliphatic rings. The van der Waals surface area contributed by atoms with E-state index < -0.39 is 15.6 Å². The maximum absolute atomic E-state index is 12.4. The third-order valence-corrected chi connectivity index (χ3v) is 5.94. The van der Waals surface area contributed by atoms with Crippen LogP contribution in [-0.2, 0) is 16.3 Å². The summed E-state index contributed by atoms with van der Waals surface area (Å²) in [6.45, 7) is 6.26. The average Bonchev–Trinajstić information content (AvgIpc) is 2.28. The molecular weight excluding hydrogens is 338 g/mol. The summed E-state index contributed by atoms with van der Waals surface area (Å²) >= 11 is 3.58. The monoisotopic (exact) mass is 354 g/mol. The molecule has 2 nitrogen and oxygen atoms in total. The Kier molecular flexibility index (Phi) is 5.12. The van der Waals surface area contributed by atoms with E-state index in [1.54, 1.807) is 12.1 Å². The summed E-state index contributed by atoms with van der Waals surface area (Å²) in [4.78, 5) is -0.120. The summed E-state index contributed by atoms with van der Waals surface area (Å²) < 4.78 is 47.3. The van der Waals surface area contributed by atoms with Crippen LogP contribution in [-0.4, -0.2) is 19.0 Å². The minimum absolute atomic E-state index is 0.0632. The Bertz CT molecular complexity index is 519. The fraction of sp³-hybridized carbons (Fsp3) is 0.538. The molecule has 0 heterocycles. The van der Waals surface area contributed by atoms with Crippen molar-refractivity contribution in [3.8, 4) is 0 Å². The van der Waals surface area contributed by atoms with Gasteiger partial charge in [0.1, 0.15) is 0 Å². The Morgan fingerprint density at radius 3 is 2.00 bits per heavy atom. The van der Waals surface area contributed by atoms with E-state index in [4.69, 9.17) is 0 Å². The molecule has 1 rings (SSSR count). The van der Waals surface area contributed by atoms with Crippen LogP contribution < -0.4 is 0 Å². The number of hydrogen-bond donors (Lipinski definition) is 0. The smallest absolute Gasteiger partial charge is 0.218 e. The van der Waals surface area contributed by atoms with Crippen molar-refractivity contribution < 1.29 is 17.2 Å². The second-order valence-electron chi connectivity index (χ2n) is 5.49. The quantitative estimate of drug-likeness (QED) is 0.764. The molecule has 1 aromatic carbocycles. The number of halogens is 3. The molecule has 0 N–H and O–H groups in total. The van der Waals surface area contributed by atoms with Crippen LogP contribution in [0.1, 0.15) is 26.3 Å². The molecule has 0 bridgehead atoms. The fourth-order valence-corrected chi connectivity index (χ4v) is 2.53. The van der Waals surface area contributed by atoms with Crippen molar-refractivity contribution >= 4 is 25.8 Å². The van der Waals surface area contributed by atoms with E-state index in [1.807, 2.05) is 0 Å². The maximum atomic E-state index is 12.4. The van der Waals surface area contributed by atoms with Crippen LogP contribution in [0.3, 0.4) is 0 Å². The van der Waals surface area contributed by atoms with Crippen molar-refractivity contribution in [3.63, 3.8) is 0 Å². The molecule has 0 fully saturated rings. The Morgan fingerprint density at radius 2 is 1.63 bits per heavy atom. The van der Waals surface area contributed by atoms with Crippen molar-refractivity contribution in [2.24, 2.45) is 5.41 Å². The molecule has 0 spiro atoms. The average molecular weight is 355 g/mol. The van der Waals surface area contributed by atoms with Gasteiger partial charge in [0, 0.05) is 4.83 Å². The predicted octanol–water partition coefficient (Wildman–Crippen LogP) is 4.04. The highest BCUT2D eigenvalue weighted by Crippen LogP contribution is 2.29. The highest BCUT2D eigenvalue weighted by molar-refractivity contribution is 9.09. The van der Waals surface area contributed by atoms with Crippen molar-refractivity contribution in [2.45, 2.75) is 42.7 Å². The molecule has 0 saturated carbocycles. The highest BCUT2D eigenvalue weighted by Gasteiger charge is 2.26. The Balaban J connectivity index is 2.90. The van der Waals surface area contributed by atoms with Gasteiger partial charge in [-0.05, 0) is 29.5 Å². The van der Waals surface area contributed by atoms with Crippen molar-refractivity contribution in [2.75, 3.05) is 0 Å². The molecule has 6 heteroatoms. The van der Waals surface area contributed by atoms with Crippen LogP contribution in [0.2, 0.25) is 0 Å². The first-order chi connectivity index (χ1) is 8.55. The SMILES string of the molecule is CC(C)(C)C(Br)Cc1ccc(S(=O)(=O)C(F)F)cc1. The second-order valence-corrected chi connectivity index (χ2v) is 8.51. The summed E-state index contributed by atoms with van der Waals surface area (Å²) in [5.41, 5.74) is 0.971. The first kappa shape index (κ1) is 16.6. The molecule has 1 aromatic rings. The minimum atomic E-state index is -4.50. The van der Waals surface area contributed by atoms with E-state index in [-0.39, 0.29) is 15.1 Å². The standard InChI is InChI=1S/C13H17BrF2O2S/c1-13(2,3)11(14)8-9-4-6-10(7-5-9)19(17,18)12(15)16/h4-7,11-12H,8H2,1-3H3. The first-order valence-corrected chi connectivity index (χ1v) is 8.26. The molecule has 0 aliphatic heterocycles. The van der Waals surface area contributed by atoms with Gasteiger partial charge in [0.15, 0.2) is 0 Å². The van der Waals surface area contributed by atoms with Gasteiger partial charge in [0.05, 0.1) is 4.90 Å². The van der Waals surface area contributed by atoms with Gasteiger partial charge in [-0.1, -0.05) is 48.8 Å². The van der Waals surface area contributed by atoms with Gasteiger partial charge in [-0.15, -0.1) is 0 Å². The molecule has 1 atom stereocenters. The van der Waals surface area contributed by atoms with Gasteiger partial charge < -0.3 is 0 Å². The fourth-order valence-electron chi connectivity index (χ4n) is 1.43. The predicted molar refractivity (Wildman–Crippen MR) is 75.5 cm³/mol. The van der Waals surface area contributed by atoms with E-state index >= 15 is 0 Å². The maximum Gasteiger partial charge on any atom is 0.341 e. The van der Waals surface area contributed by atoms with Crippen LogP contribution in [0.4, 0.5) is 8.78 Å². The zero-order chi connectivity index (χ0) is 14.8. The molecule has 0 aromatic heterocycles. The van der Waals surface area contributed by atoms with Crippen LogP contribution >= 0.6 is 15.9 Å². The Hall–Kier alpha value is -0.490. The van der Waals surface area contributed by atoms with E-state index in [0.717, 1.165) is 5.56 Å². The van der Waals surface area contributed by atoms with E-state index in [9.17, 15) is 17.2 Å². The van der Waals surface area contributed by atoms with E-state index in [0.29, 0.717) is 6.42 Å². The zero-order valence-corrected chi connectivity index (χ0v) is 13.4. The number of rotatable bonds is 4. The second kappa shape index (κ2) is 5.87. The molecular formula is C13H17BrF2O2S. The summed E-state index contributed by atoms with van der Waals surface area (Å²) in [7, 11) is -4.50. The largest absolute Gasteiger partial charge is 0.341 e. The zero-order valence-electron chi connectivity index (χ0n) is 11.0. The highest BCUT2D eigenvalue weighted by atomic mass is 79.9. The van der Waals surface area contributed by atoms with E-state index in [1.165, 1.54) is 12.1 Å². The molecule has 0 amide bonds. The topological polar surface area (TPSA) is 34.1 Å². The molecule has 1 unspecified atom stereocenters. The van der Waals surface area contributed by atoms with Crippen LogP contribution in [0.15, 0.2) is 29.2 Å². The lowest BCUT2D eigenvalue weighted by molar-refractivity contribution is 0.234. The molecule has 0 saturated heterocycles. The van der Waals surface area contributed by atoms with Gasteiger partial charge >= 0.3 is 5.76 Å². The molecule has 0 aliphatic carbocycles. The normalized spacial score (nSPS) is 14.7. The summed E-state index contributed by atoms with van der Waals surface area (Å²) in [5.74, 6) is -3.38. The van der Waals surface area contributed by atoms with Crippen molar-refractivity contribution in [3.05, 3.63) is 29.8 Å². The lowest BCUT2D eigenvalue weighted by Crippen LogP contribution is -2.22. The Morgan fingerprint density at radius 1 is 1.16 bits per heavy atom. The van der Waals surface area contributed by atoms with Gasteiger partial charge in [-0.2, -0.15) is 8.78 Å². The van der Waals surface area contributed by atoms with Crippen LogP contribution in [0.5, 0.6) is 0 Å². The molecule has 19 heavy (non-hydrogen) atoms. The first-order valence-electron chi connectivity index (χ1n) is 5.80. The lowest BCUT2D eigenvalue weighted by Gasteiger charge is -2.25. The summed E-state index contributed by atoms with van der Waals surface area (Å²) in [6, 6.07) is 5.63. The lowest BCUT2D eigenvalue weighted by atomic mass is 9.88. The number of alkyl halides is 3. The number of hydrogen-bond acceptors (Lipinski definition) is 2. The van der Waals surface area contributed by atoms with Gasteiger partial charge in [0.25, 0.3) is 0 Å². The third-order valence-electron chi connectivity index (χ3n) is 2.84. The van der Waals surface area contributed by atoms with Gasteiger partial charge in [-0.25, -0.2) is 8.42 Å². The summed E-state index contributed by atoms with van der Waals surface area (Å²) in [5, 5.41) is 0. The van der Waals surface area contributed by atoms with Crippen molar-refractivity contribution in [1.82, 2.24) is 0 Å². The number of sulfone groups is 1. The van der Waals surface area contributed by atoms with Gasteiger partial charge in [-0.3, -0.25) is 0 Å². The number of benzene rings is 1. The van der Waals surface area contributed by atoms with Crippen LogP contribution in [0.25, 0.3) is 0 Å². The van der Waals surface area contributed by atoms with Crippen LogP contribution in [0, 0.1) is 5.41 Å². The molecule has 108 valence electrons. The third kappa shape index (κ3) is 4.24. The Labute approximate surface area is 121 Å². The van der Waals surface area contributed by atoms with Crippen molar-refractivity contribution in [1.29, 1.82) is 0 Å². The minimum Gasteiger partial charge on any atom is -0.218 e.